The van der Waals surface area contributed by atoms with E-state index in [4.69, 9.17) is 4.74 Å². The van der Waals surface area contributed by atoms with Crippen LogP contribution in [0.15, 0.2) is 23.3 Å². The van der Waals surface area contributed by atoms with Crippen LogP contribution in [-0.4, -0.2) is 45.1 Å². The molecule has 2 fully saturated rings. The number of allylic oxidation sites excluding steroid dienone is 1. The zero-order valence-electron chi connectivity index (χ0n) is 19.5. The quantitative estimate of drug-likeness (QED) is 0.431. The van der Waals surface area contributed by atoms with Gasteiger partial charge >= 0.3 is 11.9 Å². The molecule has 0 spiro atoms. The van der Waals surface area contributed by atoms with Crippen LogP contribution in [0.4, 0.5) is 0 Å². The maximum absolute atomic E-state index is 12.2. The van der Waals surface area contributed by atoms with Gasteiger partial charge in [0.05, 0.1) is 17.1 Å². The molecule has 0 radical (unpaired) electrons. The lowest BCUT2D eigenvalue weighted by Gasteiger charge is -2.62. The van der Waals surface area contributed by atoms with Gasteiger partial charge in [-0.1, -0.05) is 25.0 Å². The molecule has 3 aliphatic rings. The van der Waals surface area contributed by atoms with E-state index in [0.717, 1.165) is 36.8 Å². The van der Waals surface area contributed by atoms with Crippen molar-refractivity contribution >= 4 is 11.9 Å². The Bertz CT molecular complexity index is 796. The van der Waals surface area contributed by atoms with Gasteiger partial charge in [-0.3, -0.25) is 4.79 Å². The Morgan fingerprint density at radius 3 is 2.55 bits per heavy atom. The second kappa shape index (κ2) is 8.36. The number of carbonyl (C=O) groups excluding carboxylic acids is 1. The number of aliphatic hydroxyl groups is 2. The average Bonchev–Trinajstić information content (AvgIpc) is 2.95. The Morgan fingerprint density at radius 2 is 1.97 bits per heavy atom. The third kappa shape index (κ3) is 4.34. The summed E-state index contributed by atoms with van der Waals surface area (Å²) in [5.41, 5.74) is -0.393. The number of carboxylic acid groups (broad SMARTS) is 1. The van der Waals surface area contributed by atoms with Crippen LogP contribution in [0.1, 0.15) is 79.6 Å². The molecule has 0 aromatic rings. The molecule has 1 unspecified atom stereocenters. The zero-order valence-corrected chi connectivity index (χ0v) is 19.5. The highest BCUT2D eigenvalue weighted by Crippen LogP contribution is 2.63. The summed E-state index contributed by atoms with van der Waals surface area (Å²) >= 11 is 0. The molecular formula is C25H38O6. The molecule has 31 heavy (non-hydrogen) atoms. The van der Waals surface area contributed by atoms with Gasteiger partial charge in [0.25, 0.3) is 0 Å². The predicted molar refractivity (Wildman–Crippen MR) is 117 cm³/mol. The number of rotatable bonds is 6. The van der Waals surface area contributed by atoms with Crippen LogP contribution in [-0.2, 0) is 14.3 Å². The number of carboxylic acids is 1. The molecule has 1 aliphatic heterocycles. The SMILES string of the molecule is CC1=CC(=O)OC1C/C=C(\C)CC[C@@H]1[C@@]2(C)CCC[C@@](C)(C(=O)O)[C@@H]2[C@@H](O)C[C@@]1(C)O. The average molecular weight is 435 g/mol. The lowest BCUT2D eigenvalue weighted by molar-refractivity contribution is -0.223. The minimum absolute atomic E-state index is 0.110. The summed E-state index contributed by atoms with van der Waals surface area (Å²) in [6.45, 7) is 9.57. The summed E-state index contributed by atoms with van der Waals surface area (Å²) < 4.78 is 5.30. The van der Waals surface area contributed by atoms with Crippen molar-refractivity contribution in [1.29, 1.82) is 0 Å². The Kier molecular flexibility index (Phi) is 6.47. The van der Waals surface area contributed by atoms with Crippen LogP contribution >= 0.6 is 0 Å². The van der Waals surface area contributed by atoms with E-state index in [1.54, 1.807) is 13.8 Å². The number of hydrogen-bond acceptors (Lipinski definition) is 5. The number of aliphatic hydroxyl groups excluding tert-OH is 1. The molecule has 0 amide bonds. The summed E-state index contributed by atoms with van der Waals surface area (Å²) in [6.07, 6.45) is 7.06. The predicted octanol–water partition coefficient (Wildman–Crippen LogP) is 4.00. The third-order valence-corrected chi connectivity index (χ3v) is 8.47. The van der Waals surface area contributed by atoms with Gasteiger partial charge in [0.2, 0.25) is 0 Å². The minimum atomic E-state index is -1.05. The fourth-order valence-electron chi connectivity index (χ4n) is 6.97. The van der Waals surface area contributed by atoms with Crippen LogP contribution in [0.3, 0.4) is 0 Å². The van der Waals surface area contributed by atoms with Gasteiger partial charge in [0.1, 0.15) is 6.10 Å². The number of carbonyl (C=O) groups is 2. The molecular weight excluding hydrogens is 396 g/mol. The van der Waals surface area contributed by atoms with Crippen molar-refractivity contribution in [3.05, 3.63) is 23.3 Å². The molecule has 7 atom stereocenters. The summed E-state index contributed by atoms with van der Waals surface area (Å²) in [7, 11) is 0. The number of hydrogen-bond donors (Lipinski definition) is 3. The summed E-state index contributed by atoms with van der Waals surface area (Å²) in [5.74, 6) is -1.63. The summed E-state index contributed by atoms with van der Waals surface area (Å²) in [6, 6.07) is 0. The van der Waals surface area contributed by atoms with Crippen molar-refractivity contribution in [2.45, 2.75) is 97.4 Å². The largest absolute Gasteiger partial charge is 0.481 e. The van der Waals surface area contributed by atoms with Crippen LogP contribution in [0, 0.1) is 22.7 Å². The van der Waals surface area contributed by atoms with E-state index in [0.29, 0.717) is 12.8 Å². The van der Waals surface area contributed by atoms with Crippen molar-refractivity contribution < 1.29 is 29.6 Å². The van der Waals surface area contributed by atoms with Gasteiger partial charge in [0, 0.05) is 24.8 Å². The molecule has 174 valence electrons. The molecule has 6 nitrogen and oxygen atoms in total. The van der Waals surface area contributed by atoms with E-state index in [-0.39, 0.29) is 30.3 Å². The first kappa shape index (κ1) is 24.0. The van der Waals surface area contributed by atoms with Crippen LogP contribution < -0.4 is 0 Å². The van der Waals surface area contributed by atoms with Crippen molar-refractivity contribution in [3.8, 4) is 0 Å². The Balaban J connectivity index is 1.77. The molecule has 0 aromatic carbocycles. The van der Waals surface area contributed by atoms with Gasteiger partial charge < -0.3 is 20.1 Å². The molecule has 3 rings (SSSR count). The molecule has 0 bridgehead atoms. The maximum Gasteiger partial charge on any atom is 0.331 e. The number of aliphatic carboxylic acids is 1. The van der Waals surface area contributed by atoms with Gasteiger partial charge in [-0.05, 0) is 70.3 Å². The van der Waals surface area contributed by atoms with Crippen molar-refractivity contribution in [1.82, 2.24) is 0 Å². The number of ether oxygens (including phenoxy) is 1. The second-order valence-corrected chi connectivity index (χ2v) is 10.9. The summed E-state index contributed by atoms with van der Waals surface area (Å²) in [5, 5.41) is 32.3. The normalized spacial score (nSPS) is 43.3. The number of cyclic esters (lactones) is 1. The fraction of sp³-hybridized carbons (Fsp3) is 0.760. The van der Waals surface area contributed by atoms with Crippen molar-refractivity contribution in [2.24, 2.45) is 22.7 Å². The minimum Gasteiger partial charge on any atom is -0.481 e. The first-order valence-electron chi connectivity index (χ1n) is 11.5. The lowest BCUT2D eigenvalue weighted by atomic mass is 9.44. The highest BCUT2D eigenvalue weighted by molar-refractivity contribution is 5.85. The first-order chi connectivity index (χ1) is 14.3. The fourth-order valence-corrected chi connectivity index (χ4v) is 6.97. The van der Waals surface area contributed by atoms with Gasteiger partial charge in [-0.15, -0.1) is 0 Å². The van der Waals surface area contributed by atoms with Crippen molar-refractivity contribution in [2.75, 3.05) is 0 Å². The van der Waals surface area contributed by atoms with E-state index >= 15 is 0 Å². The Hall–Kier alpha value is -1.66. The Morgan fingerprint density at radius 1 is 1.29 bits per heavy atom. The molecule has 1 heterocycles. The highest BCUT2D eigenvalue weighted by atomic mass is 16.5. The Labute approximate surface area is 185 Å². The zero-order chi connectivity index (χ0) is 23.2. The van der Waals surface area contributed by atoms with Crippen LogP contribution in [0.5, 0.6) is 0 Å². The molecule has 0 aromatic heterocycles. The van der Waals surface area contributed by atoms with E-state index in [1.165, 1.54) is 6.08 Å². The van der Waals surface area contributed by atoms with Crippen molar-refractivity contribution in [3.63, 3.8) is 0 Å². The molecule has 0 saturated heterocycles. The van der Waals surface area contributed by atoms with Crippen LogP contribution in [0.25, 0.3) is 0 Å². The second-order valence-electron chi connectivity index (χ2n) is 10.9. The topological polar surface area (TPSA) is 104 Å². The number of esters is 1. The van der Waals surface area contributed by atoms with Gasteiger partial charge in [0.15, 0.2) is 0 Å². The van der Waals surface area contributed by atoms with Gasteiger partial charge in [-0.2, -0.15) is 0 Å². The smallest absolute Gasteiger partial charge is 0.331 e. The molecule has 2 saturated carbocycles. The summed E-state index contributed by atoms with van der Waals surface area (Å²) in [4.78, 5) is 23.6. The first-order valence-corrected chi connectivity index (χ1v) is 11.5. The molecule has 2 aliphatic carbocycles. The van der Waals surface area contributed by atoms with Gasteiger partial charge in [-0.25, -0.2) is 4.79 Å². The maximum atomic E-state index is 12.2. The molecule has 3 N–H and O–H groups in total. The highest BCUT2D eigenvalue weighted by Gasteiger charge is 2.64. The van der Waals surface area contributed by atoms with Crippen LogP contribution in [0.2, 0.25) is 0 Å². The third-order valence-electron chi connectivity index (χ3n) is 8.47. The molecule has 6 heteroatoms. The van der Waals surface area contributed by atoms with E-state index in [2.05, 4.69) is 13.0 Å². The standard InChI is InChI=1S/C25H38O6/c1-15(7-9-18-16(2)13-20(27)31-18)8-10-19-23(3)11-6-12-24(4,22(28)29)21(23)17(26)14-25(19,5)30/h7,13,17-19,21,26,30H,6,8-12,14H2,1-5H3,(H,28,29)/b15-7+/t17-,18?,19+,21+,23+,24+,25+/m0/s1. The van der Waals surface area contributed by atoms with E-state index < -0.39 is 28.5 Å². The lowest BCUT2D eigenvalue weighted by Crippen LogP contribution is -2.64. The monoisotopic (exact) mass is 434 g/mol. The van der Waals surface area contributed by atoms with E-state index in [1.807, 2.05) is 13.8 Å². The number of fused-ring (bicyclic) bond motifs is 1. The van der Waals surface area contributed by atoms with E-state index in [9.17, 15) is 24.9 Å².